The first-order valence-corrected chi connectivity index (χ1v) is 18.6. The Kier molecular flexibility index (Phi) is 9.35. The van der Waals surface area contributed by atoms with E-state index in [0.717, 1.165) is 50.5 Å². The predicted octanol–water partition coefficient (Wildman–Crippen LogP) is 9.02. The molecule has 3 heterocycles. The third-order valence-corrected chi connectivity index (χ3v) is 10.5. The SMILES string of the molecule is CCOC(=O)C1=C(c2ccccc2)N=c2s/c(=C/c3cc(-c4ccccc4)n(-c4ccc(C)cc4)c3-c3ccccc3)c(=O)n2[C@H]1c1ccc(Cl)cc1. The fraction of sp³-hybridized carbons (Fsp3) is 0.0889. The van der Waals surface area contributed by atoms with Gasteiger partial charge in [-0.2, -0.15) is 0 Å². The molecular formula is C45H34ClN3O3S. The van der Waals surface area contributed by atoms with Crippen LogP contribution in [-0.4, -0.2) is 21.7 Å². The van der Waals surface area contributed by atoms with Crippen molar-refractivity contribution in [1.82, 2.24) is 9.13 Å². The van der Waals surface area contributed by atoms with Crippen molar-refractivity contribution in [2.75, 3.05) is 6.61 Å². The van der Waals surface area contributed by atoms with E-state index in [1.807, 2.05) is 84.9 Å². The number of nitrogens with zero attached hydrogens (tertiary/aromatic N) is 3. The van der Waals surface area contributed by atoms with Gasteiger partial charge in [-0.3, -0.25) is 9.36 Å². The molecule has 1 atom stereocenters. The molecule has 260 valence electrons. The lowest BCUT2D eigenvalue weighted by Gasteiger charge is -2.25. The molecule has 8 heteroatoms. The van der Waals surface area contributed by atoms with Crippen LogP contribution in [0.15, 0.2) is 161 Å². The zero-order valence-electron chi connectivity index (χ0n) is 29.1. The van der Waals surface area contributed by atoms with Crippen molar-refractivity contribution in [2.24, 2.45) is 4.99 Å². The van der Waals surface area contributed by atoms with Crippen LogP contribution in [0.2, 0.25) is 5.02 Å². The molecule has 8 rings (SSSR count). The Hall–Kier alpha value is -6.02. The van der Waals surface area contributed by atoms with Gasteiger partial charge in [-0.25, -0.2) is 9.79 Å². The average molecular weight is 732 g/mol. The van der Waals surface area contributed by atoms with Crippen molar-refractivity contribution in [1.29, 1.82) is 0 Å². The number of aryl methyl sites for hydroxylation is 1. The smallest absolute Gasteiger partial charge is 0.338 e. The maximum absolute atomic E-state index is 14.8. The van der Waals surface area contributed by atoms with Crippen molar-refractivity contribution in [3.8, 4) is 28.2 Å². The number of rotatable bonds is 8. The van der Waals surface area contributed by atoms with Gasteiger partial charge in [0.05, 0.1) is 39.8 Å². The molecule has 0 saturated carbocycles. The molecule has 0 aliphatic carbocycles. The van der Waals surface area contributed by atoms with Gasteiger partial charge in [0.2, 0.25) is 0 Å². The van der Waals surface area contributed by atoms with Crippen molar-refractivity contribution in [3.05, 3.63) is 198 Å². The molecule has 0 unspecified atom stereocenters. The number of hydrogen-bond donors (Lipinski definition) is 0. The molecule has 5 aromatic carbocycles. The summed E-state index contributed by atoms with van der Waals surface area (Å²) in [6.45, 7) is 4.02. The summed E-state index contributed by atoms with van der Waals surface area (Å²) in [5.74, 6) is -0.529. The van der Waals surface area contributed by atoms with E-state index in [2.05, 4.69) is 66.1 Å². The fourth-order valence-corrected chi connectivity index (χ4v) is 7.97. The van der Waals surface area contributed by atoms with E-state index in [-0.39, 0.29) is 12.2 Å². The van der Waals surface area contributed by atoms with E-state index in [4.69, 9.17) is 21.3 Å². The van der Waals surface area contributed by atoms with Crippen molar-refractivity contribution < 1.29 is 9.53 Å². The molecule has 6 nitrogen and oxygen atoms in total. The van der Waals surface area contributed by atoms with Gasteiger partial charge < -0.3 is 9.30 Å². The van der Waals surface area contributed by atoms with Crippen LogP contribution in [0, 0.1) is 6.92 Å². The first-order valence-electron chi connectivity index (χ1n) is 17.4. The number of thiazole rings is 1. The summed E-state index contributed by atoms with van der Waals surface area (Å²) in [6, 6.07) is 47.1. The average Bonchev–Trinajstić information content (AvgIpc) is 3.72. The van der Waals surface area contributed by atoms with Crippen molar-refractivity contribution in [2.45, 2.75) is 19.9 Å². The normalized spacial score (nSPS) is 14.2. The number of esters is 1. The van der Waals surface area contributed by atoms with Crippen LogP contribution in [0.4, 0.5) is 0 Å². The molecule has 1 aliphatic rings. The van der Waals surface area contributed by atoms with Crippen LogP contribution in [-0.2, 0) is 9.53 Å². The van der Waals surface area contributed by atoms with E-state index < -0.39 is 12.0 Å². The number of ether oxygens (including phenoxy) is 1. The van der Waals surface area contributed by atoms with Crippen molar-refractivity contribution >= 4 is 40.7 Å². The standard InChI is InChI=1S/C45H34ClN3O3S/c1-3-52-44(51)39-40(31-15-9-5-10-16-31)47-45-49(42(39)33-21-23-35(46)24-22-33)43(50)38(53-45)28-34-27-37(30-13-7-4-8-14-30)48(36-25-19-29(2)20-26-36)41(34)32-17-11-6-12-18-32/h4-28,42H,3H2,1-2H3/b38-28+/t42-/m0/s1. The zero-order valence-corrected chi connectivity index (χ0v) is 30.6. The van der Waals surface area contributed by atoms with Crippen LogP contribution >= 0.6 is 22.9 Å². The third-order valence-electron chi connectivity index (χ3n) is 9.29. The minimum atomic E-state index is -0.800. The molecule has 1 aliphatic heterocycles. The predicted molar refractivity (Wildman–Crippen MR) is 214 cm³/mol. The van der Waals surface area contributed by atoms with Gasteiger partial charge in [0.1, 0.15) is 0 Å². The van der Waals surface area contributed by atoms with Crippen LogP contribution < -0.4 is 14.9 Å². The Labute approximate surface area is 315 Å². The minimum Gasteiger partial charge on any atom is -0.463 e. The Bertz CT molecular complexity index is 2660. The molecule has 0 saturated heterocycles. The maximum atomic E-state index is 14.8. The molecular weight excluding hydrogens is 698 g/mol. The number of hydrogen-bond acceptors (Lipinski definition) is 5. The number of carbonyl (C=O) groups is 1. The lowest BCUT2D eigenvalue weighted by atomic mass is 9.93. The number of benzene rings is 5. The monoisotopic (exact) mass is 731 g/mol. The molecule has 7 aromatic rings. The minimum absolute atomic E-state index is 0.173. The summed E-state index contributed by atoms with van der Waals surface area (Å²) < 4.78 is 10.00. The highest BCUT2D eigenvalue weighted by molar-refractivity contribution is 7.07. The zero-order chi connectivity index (χ0) is 36.5. The Morgan fingerprint density at radius 1 is 0.811 bits per heavy atom. The summed E-state index contributed by atoms with van der Waals surface area (Å²) in [4.78, 5) is 34.2. The molecule has 53 heavy (non-hydrogen) atoms. The van der Waals surface area contributed by atoms with Crippen LogP contribution in [0.25, 0.3) is 40.0 Å². The molecule has 2 aromatic heterocycles. The van der Waals surface area contributed by atoms with Gasteiger partial charge in [-0.05, 0) is 66.9 Å². The molecule has 0 amide bonds. The summed E-state index contributed by atoms with van der Waals surface area (Å²) in [5.41, 5.74) is 9.00. The Balaban J connectivity index is 1.43. The van der Waals surface area contributed by atoms with Gasteiger partial charge in [0.15, 0.2) is 4.80 Å². The quantitative estimate of drug-likeness (QED) is 0.147. The summed E-state index contributed by atoms with van der Waals surface area (Å²) >= 11 is 7.63. The van der Waals surface area contributed by atoms with Gasteiger partial charge >= 0.3 is 5.97 Å². The van der Waals surface area contributed by atoms with E-state index in [0.29, 0.717) is 25.6 Å². The van der Waals surface area contributed by atoms with Crippen LogP contribution in [0.3, 0.4) is 0 Å². The van der Waals surface area contributed by atoms with Gasteiger partial charge in [0, 0.05) is 21.8 Å². The van der Waals surface area contributed by atoms with E-state index in [9.17, 15) is 9.59 Å². The topological polar surface area (TPSA) is 65.6 Å². The summed E-state index contributed by atoms with van der Waals surface area (Å²) in [6.07, 6.45) is 1.96. The first-order chi connectivity index (χ1) is 25.9. The fourth-order valence-electron chi connectivity index (χ4n) is 6.86. The largest absolute Gasteiger partial charge is 0.463 e. The van der Waals surface area contributed by atoms with Crippen molar-refractivity contribution in [3.63, 3.8) is 0 Å². The number of aromatic nitrogens is 2. The summed E-state index contributed by atoms with van der Waals surface area (Å²) in [5, 5.41) is 0.548. The van der Waals surface area contributed by atoms with Crippen LogP contribution in [0.1, 0.15) is 35.2 Å². The van der Waals surface area contributed by atoms with E-state index >= 15 is 0 Å². The highest BCUT2D eigenvalue weighted by atomic mass is 35.5. The highest BCUT2D eigenvalue weighted by Gasteiger charge is 2.35. The molecule has 0 bridgehead atoms. The lowest BCUT2D eigenvalue weighted by Crippen LogP contribution is -2.40. The third kappa shape index (κ3) is 6.50. The lowest BCUT2D eigenvalue weighted by molar-refractivity contribution is -0.138. The van der Waals surface area contributed by atoms with Crippen LogP contribution in [0.5, 0.6) is 0 Å². The second-order valence-corrected chi connectivity index (χ2v) is 14.2. The Morgan fingerprint density at radius 2 is 1.42 bits per heavy atom. The van der Waals surface area contributed by atoms with Gasteiger partial charge in [-0.1, -0.05) is 144 Å². The molecule has 0 spiro atoms. The summed E-state index contributed by atoms with van der Waals surface area (Å²) in [7, 11) is 0. The van der Waals surface area contributed by atoms with E-state index in [1.165, 1.54) is 11.3 Å². The number of halogens is 1. The highest BCUT2D eigenvalue weighted by Crippen LogP contribution is 2.38. The van der Waals surface area contributed by atoms with Gasteiger partial charge in [-0.15, -0.1) is 0 Å². The first kappa shape index (κ1) is 34.1. The van der Waals surface area contributed by atoms with E-state index in [1.54, 1.807) is 23.6 Å². The number of fused-ring (bicyclic) bond motifs is 1. The molecule has 0 N–H and O–H groups in total. The molecule has 0 radical (unpaired) electrons. The number of carbonyl (C=O) groups excluding carboxylic acids is 1. The Morgan fingerprint density at radius 3 is 2.04 bits per heavy atom. The second-order valence-electron chi connectivity index (χ2n) is 12.7. The van der Waals surface area contributed by atoms with Gasteiger partial charge in [0.25, 0.3) is 5.56 Å². The second kappa shape index (κ2) is 14.5. The molecule has 0 fully saturated rings. The maximum Gasteiger partial charge on any atom is 0.338 e.